The van der Waals surface area contributed by atoms with Crippen LogP contribution in [0.4, 0.5) is 0 Å². The zero-order chi connectivity index (χ0) is 15.5. The number of carbonyl (C=O) groups excluding carboxylic acids is 1. The number of benzene rings is 1. The molecule has 2 N–H and O–H groups in total. The number of aliphatic hydroxyl groups is 1. The Morgan fingerprint density at radius 1 is 1.00 bits per heavy atom. The molecule has 0 radical (unpaired) electrons. The van der Waals surface area contributed by atoms with Crippen LogP contribution in [0.5, 0.6) is 5.75 Å². The van der Waals surface area contributed by atoms with Gasteiger partial charge in [0.25, 0.3) is 5.91 Å². The monoisotopic (exact) mass is 304 g/mol. The lowest BCUT2D eigenvalue weighted by Gasteiger charge is -2.42. The number of hydrogen-bond donors (Lipinski definition) is 2. The van der Waals surface area contributed by atoms with E-state index in [9.17, 15) is 15.0 Å². The summed E-state index contributed by atoms with van der Waals surface area (Å²) in [6.07, 6.45) is 4.06. The Hall–Kier alpha value is -1.59. The summed E-state index contributed by atoms with van der Waals surface area (Å²) in [6.45, 7) is 3.04. The normalized spacial score (nSPS) is 26.9. The van der Waals surface area contributed by atoms with Gasteiger partial charge in [-0.3, -0.25) is 9.69 Å². The lowest BCUT2D eigenvalue weighted by atomic mass is 9.91. The first-order valence-electron chi connectivity index (χ1n) is 8.15. The molecule has 120 valence electrons. The number of aliphatic hydroxyl groups excluding tert-OH is 1. The lowest BCUT2D eigenvalue weighted by Crippen LogP contribution is -2.55. The molecule has 0 bridgehead atoms. The summed E-state index contributed by atoms with van der Waals surface area (Å²) in [5, 5.41) is 19.5. The summed E-state index contributed by atoms with van der Waals surface area (Å²) in [5.74, 6) is 0.191. The van der Waals surface area contributed by atoms with Crippen LogP contribution in [0.3, 0.4) is 0 Å². The minimum absolute atomic E-state index is 0.0174. The van der Waals surface area contributed by atoms with Gasteiger partial charge in [0.05, 0.1) is 6.10 Å². The Balaban J connectivity index is 1.57. The summed E-state index contributed by atoms with van der Waals surface area (Å²) >= 11 is 0. The first kappa shape index (κ1) is 15.3. The van der Waals surface area contributed by atoms with Crippen molar-refractivity contribution in [1.29, 1.82) is 0 Å². The SMILES string of the molecule is O=C(c1ccc(O)cc1)N1CCN(C2CCCCC2O)CC1. The molecule has 2 unspecified atom stereocenters. The third-order valence-electron chi connectivity index (χ3n) is 4.88. The van der Waals surface area contributed by atoms with Crippen LogP contribution in [-0.2, 0) is 0 Å². The lowest BCUT2D eigenvalue weighted by molar-refractivity contribution is -0.00172. The number of piperazine rings is 1. The first-order valence-corrected chi connectivity index (χ1v) is 8.15. The largest absolute Gasteiger partial charge is 0.508 e. The maximum Gasteiger partial charge on any atom is 0.253 e. The van der Waals surface area contributed by atoms with E-state index in [1.54, 1.807) is 24.3 Å². The van der Waals surface area contributed by atoms with E-state index >= 15 is 0 Å². The number of amides is 1. The van der Waals surface area contributed by atoms with E-state index in [0.29, 0.717) is 18.7 Å². The molecule has 22 heavy (non-hydrogen) atoms. The Bertz CT molecular complexity index is 509. The van der Waals surface area contributed by atoms with Crippen molar-refractivity contribution in [2.45, 2.75) is 37.8 Å². The van der Waals surface area contributed by atoms with Crippen LogP contribution in [0.15, 0.2) is 24.3 Å². The molecule has 1 aliphatic heterocycles. The second kappa shape index (κ2) is 6.67. The van der Waals surface area contributed by atoms with Crippen LogP contribution < -0.4 is 0 Å². The predicted molar refractivity (Wildman–Crippen MR) is 83.8 cm³/mol. The minimum atomic E-state index is -0.215. The molecular formula is C17H24N2O3. The Morgan fingerprint density at radius 3 is 2.27 bits per heavy atom. The van der Waals surface area contributed by atoms with E-state index in [0.717, 1.165) is 32.4 Å². The minimum Gasteiger partial charge on any atom is -0.508 e. The number of nitrogens with zero attached hydrogens (tertiary/aromatic N) is 2. The molecule has 1 heterocycles. The van der Waals surface area contributed by atoms with Gasteiger partial charge in [0.15, 0.2) is 0 Å². The molecule has 1 aliphatic carbocycles. The van der Waals surface area contributed by atoms with Crippen molar-refractivity contribution in [3.05, 3.63) is 29.8 Å². The van der Waals surface area contributed by atoms with E-state index in [4.69, 9.17) is 0 Å². The molecule has 1 aromatic rings. The maximum absolute atomic E-state index is 12.4. The van der Waals surface area contributed by atoms with Gasteiger partial charge >= 0.3 is 0 Å². The van der Waals surface area contributed by atoms with E-state index in [2.05, 4.69) is 4.90 Å². The highest BCUT2D eigenvalue weighted by molar-refractivity contribution is 5.94. The number of carbonyl (C=O) groups is 1. The maximum atomic E-state index is 12.4. The quantitative estimate of drug-likeness (QED) is 0.868. The Kier molecular flexibility index (Phi) is 4.64. The summed E-state index contributed by atoms with van der Waals surface area (Å²) < 4.78 is 0. The Labute approximate surface area is 131 Å². The molecule has 0 aromatic heterocycles. The van der Waals surface area contributed by atoms with Crippen molar-refractivity contribution in [2.75, 3.05) is 26.2 Å². The molecule has 5 nitrogen and oxygen atoms in total. The van der Waals surface area contributed by atoms with Crippen LogP contribution in [-0.4, -0.2) is 64.2 Å². The predicted octanol–water partition coefficient (Wildman–Crippen LogP) is 1.45. The van der Waals surface area contributed by atoms with Crippen molar-refractivity contribution in [2.24, 2.45) is 0 Å². The molecule has 1 aromatic carbocycles. The first-order chi connectivity index (χ1) is 10.6. The number of phenolic OH excluding ortho intramolecular Hbond substituents is 1. The van der Waals surface area contributed by atoms with E-state index in [1.165, 1.54) is 6.42 Å². The van der Waals surface area contributed by atoms with Crippen LogP contribution in [0.25, 0.3) is 0 Å². The topological polar surface area (TPSA) is 64.0 Å². The fraction of sp³-hybridized carbons (Fsp3) is 0.588. The van der Waals surface area contributed by atoms with Crippen molar-refractivity contribution in [1.82, 2.24) is 9.80 Å². The van der Waals surface area contributed by atoms with Crippen LogP contribution in [0, 0.1) is 0 Å². The van der Waals surface area contributed by atoms with Gasteiger partial charge in [-0.2, -0.15) is 0 Å². The van der Waals surface area contributed by atoms with E-state index in [1.807, 2.05) is 4.90 Å². The molecule has 3 rings (SSSR count). The van der Waals surface area contributed by atoms with Gasteiger partial charge in [0.1, 0.15) is 5.75 Å². The molecule has 0 spiro atoms. The van der Waals surface area contributed by atoms with Gasteiger partial charge in [-0.15, -0.1) is 0 Å². The molecule has 2 fully saturated rings. The molecule has 2 atom stereocenters. The molecule has 2 aliphatic rings. The molecule has 1 saturated heterocycles. The van der Waals surface area contributed by atoms with Gasteiger partial charge in [-0.05, 0) is 37.1 Å². The third kappa shape index (κ3) is 3.25. The van der Waals surface area contributed by atoms with Gasteiger partial charge in [0, 0.05) is 37.8 Å². The van der Waals surface area contributed by atoms with E-state index < -0.39 is 0 Å². The molecule has 1 saturated carbocycles. The second-order valence-electron chi connectivity index (χ2n) is 6.29. The van der Waals surface area contributed by atoms with Crippen LogP contribution in [0.2, 0.25) is 0 Å². The summed E-state index contributed by atoms with van der Waals surface area (Å²) in [5.41, 5.74) is 0.615. The fourth-order valence-corrected chi connectivity index (χ4v) is 3.56. The zero-order valence-electron chi connectivity index (χ0n) is 12.8. The highest BCUT2D eigenvalue weighted by Gasteiger charge is 2.31. The second-order valence-corrected chi connectivity index (χ2v) is 6.29. The summed E-state index contributed by atoms with van der Waals surface area (Å²) in [6, 6.07) is 6.67. The highest BCUT2D eigenvalue weighted by Crippen LogP contribution is 2.24. The van der Waals surface area contributed by atoms with Crippen molar-refractivity contribution < 1.29 is 15.0 Å². The zero-order valence-corrected chi connectivity index (χ0v) is 12.8. The number of rotatable bonds is 2. The number of aromatic hydroxyl groups is 1. The van der Waals surface area contributed by atoms with Gasteiger partial charge in [0.2, 0.25) is 0 Å². The third-order valence-corrected chi connectivity index (χ3v) is 4.88. The molecule has 1 amide bonds. The smallest absolute Gasteiger partial charge is 0.253 e. The average molecular weight is 304 g/mol. The summed E-state index contributed by atoms with van der Waals surface area (Å²) in [4.78, 5) is 16.6. The summed E-state index contributed by atoms with van der Waals surface area (Å²) in [7, 11) is 0. The van der Waals surface area contributed by atoms with Crippen molar-refractivity contribution in [3.63, 3.8) is 0 Å². The number of hydrogen-bond acceptors (Lipinski definition) is 4. The van der Waals surface area contributed by atoms with Gasteiger partial charge in [-0.25, -0.2) is 0 Å². The van der Waals surface area contributed by atoms with Crippen molar-refractivity contribution >= 4 is 5.91 Å². The van der Waals surface area contributed by atoms with Crippen LogP contribution in [0.1, 0.15) is 36.0 Å². The number of phenols is 1. The highest BCUT2D eigenvalue weighted by atomic mass is 16.3. The van der Waals surface area contributed by atoms with Crippen LogP contribution >= 0.6 is 0 Å². The fourth-order valence-electron chi connectivity index (χ4n) is 3.56. The van der Waals surface area contributed by atoms with Gasteiger partial charge < -0.3 is 15.1 Å². The Morgan fingerprint density at radius 2 is 1.64 bits per heavy atom. The average Bonchev–Trinajstić information content (AvgIpc) is 2.56. The molecule has 5 heteroatoms. The standard InChI is InChI=1S/C17H24N2O3/c20-14-7-5-13(6-8-14)17(22)19-11-9-18(10-12-19)15-3-1-2-4-16(15)21/h5-8,15-16,20-21H,1-4,9-12H2. The van der Waals surface area contributed by atoms with Gasteiger partial charge in [-0.1, -0.05) is 12.8 Å². The van der Waals surface area contributed by atoms with E-state index in [-0.39, 0.29) is 23.8 Å². The molecular weight excluding hydrogens is 280 g/mol. The van der Waals surface area contributed by atoms with Crippen molar-refractivity contribution in [3.8, 4) is 5.75 Å².